The molecule has 2 nitrogen and oxygen atoms in total. The Kier molecular flexibility index (Phi) is 13.3. The van der Waals surface area contributed by atoms with Crippen LogP contribution in [-0.4, -0.2) is 37.6 Å². The summed E-state index contributed by atoms with van der Waals surface area (Å²) in [5, 5.41) is 3.56. The summed E-state index contributed by atoms with van der Waals surface area (Å²) in [7, 11) is 2.23. The Labute approximate surface area is 116 Å². The second-order valence-corrected chi connectivity index (χ2v) is 5.61. The van der Waals surface area contributed by atoms with E-state index in [1.54, 1.807) is 0 Å². The highest BCUT2D eigenvalue weighted by molar-refractivity contribution is 4.62. The number of hydrogen-bond donors (Lipinski definition) is 1. The second-order valence-electron chi connectivity index (χ2n) is 5.61. The van der Waals surface area contributed by atoms with E-state index in [2.05, 4.69) is 38.0 Å². The van der Waals surface area contributed by atoms with Crippen molar-refractivity contribution in [3.05, 3.63) is 0 Å². The highest BCUT2D eigenvalue weighted by atomic mass is 15.1. The molecule has 0 heterocycles. The summed E-state index contributed by atoms with van der Waals surface area (Å²) in [4.78, 5) is 2.44. The second kappa shape index (κ2) is 13.4. The van der Waals surface area contributed by atoms with Crippen molar-refractivity contribution in [2.24, 2.45) is 0 Å². The van der Waals surface area contributed by atoms with Gasteiger partial charge in [-0.05, 0) is 33.4 Å². The smallest absolute Gasteiger partial charge is 0.0107 e. The van der Waals surface area contributed by atoms with Gasteiger partial charge >= 0.3 is 0 Å². The summed E-state index contributed by atoms with van der Waals surface area (Å²) in [6.07, 6.45) is 11.1. The van der Waals surface area contributed by atoms with E-state index in [1.165, 1.54) is 64.5 Å². The molecule has 0 aliphatic rings. The van der Waals surface area contributed by atoms with Crippen LogP contribution in [0.1, 0.15) is 72.1 Å². The minimum Gasteiger partial charge on any atom is -0.315 e. The molecule has 0 aliphatic heterocycles. The zero-order valence-electron chi connectivity index (χ0n) is 13.3. The molecule has 1 N–H and O–H groups in total. The molecule has 1 atom stereocenters. The maximum Gasteiger partial charge on any atom is 0.0107 e. The average molecular weight is 256 g/mol. The predicted octanol–water partition coefficient (Wildman–Crippen LogP) is 4.06. The summed E-state index contributed by atoms with van der Waals surface area (Å²) in [6, 6.07) is 0.713. The first kappa shape index (κ1) is 17.9. The Hall–Kier alpha value is -0.0800. The van der Waals surface area contributed by atoms with Gasteiger partial charge in [-0.15, -0.1) is 0 Å². The Balaban J connectivity index is 3.11. The van der Waals surface area contributed by atoms with Crippen LogP contribution in [0.15, 0.2) is 0 Å². The van der Waals surface area contributed by atoms with Crippen molar-refractivity contribution in [3.63, 3.8) is 0 Å². The summed E-state index contributed by atoms with van der Waals surface area (Å²) in [5.74, 6) is 0. The highest BCUT2D eigenvalue weighted by Gasteiger charge is 2.04. The van der Waals surface area contributed by atoms with Crippen molar-refractivity contribution in [1.29, 1.82) is 0 Å². The largest absolute Gasteiger partial charge is 0.315 e. The molecule has 0 saturated heterocycles. The van der Waals surface area contributed by atoms with Gasteiger partial charge in [-0.25, -0.2) is 0 Å². The van der Waals surface area contributed by atoms with Gasteiger partial charge in [-0.3, -0.25) is 0 Å². The lowest BCUT2D eigenvalue weighted by atomic mass is 10.1. The van der Waals surface area contributed by atoms with Crippen molar-refractivity contribution >= 4 is 0 Å². The first-order valence-electron chi connectivity index (χ1n) is 8.13. The molecule has 0 radical (unpaired) electrons. The molecule has 0 amide bonds. The number of nitrogens with zero attached hydrogens (tertiary/aromatic N) is 1. The Morgan fingerprint density at radius 1 is 0.889 bits per heavy atom. The van der Waals surface area contributed by atoms with Gasteiger partial charge in [0.1, 0.15) is 0 Å². The quantitative estimate of drug-likeness (QED) is 0.500. The van der Waals surface area contributed by atoms with Crippen LogP contribution in [0, 0.1) is 0 Å². The van der Waals surface area contributed by atoms with E-state index in [4.69, 9.17) is 0 Å². The van der Waals surface area contributed by atoms with Gasteiger partial charge in [-0.1, -0.05) is 52.4 Å². The molecular weight excluding hydrogens is 220 g/mol. The fourth-order valence-electron chi connectivity index (χ4n) is 2.12. The molecule has 2 heteroatoms. The third kappa shape index (κ3) is 11.0. The van der Waals surface area contributed by atoms with Crippen LogP contribution in [0.2, 0.25) is 0 Å². The van der Waals surface area contributed by atoms with E-state index in [-0.39, 0.29) is 0 Å². The van der Waals surface area contributed by atoms with E-state index in [9.17, 15) is 0 Å². The Morgan fingerprint density at radius 2 is 1.50 bits per heavy atom. The summed E-state index contributed by atoms with van der Waals surface area (Å²) >= 11 is 0. The van der Waals surface area contributed by atoms with Crippen molar-refractivity contribution in [3.8, 4) is 0 Å². The van der Waals surface area contributed by atoms with Crippen molar-refractivity contribution in [2.45, 2.75) is 78.2 Å². The maximum absolute atomic E-state index is 3.56. The van der Waals surface area contributed by atoms with Crippen LogP contribution in [0.3, 0.4) is 0 Å². The maximum atomic E-state index is 3.56. The highest BCUT2D eigenvalue weighted by Crippen LogP contribution is 2.06. The van der Waals surface area contributed by atoms with Crippen LogP contribution < -0.4 is 5.32 Å². The molecule has 0 saturated carbocycles. The molecule has 0 aliphatic carbocycles. The van der Waals surface area contributed by atoms with E-state index in [0.29, 0.717) is 6.04 Å². The average Bonchev–Trinajstić information content (AvgIpc) is 2.39. The van der Waals surface area contributed by atoms with E-state index in [1.807, 2.05) is 0 Å². The van der Waals surface area contributed by atoms with E-state index >= 15 is 0 Å². The number of likely N-dealkylation sites (N-methyl/N-ethyl adjacent to an activating group) is 1. The number of unbranched alkanes of at least 4 members (excludes halogenated alkanes) is 6. The fourth-order valence-corrected chi connectivity index (χ4v) is 2.12. The van der Waals surface area contributed by atoms with Crippen LogP contribution in [0.5, 0.6) is 0 Å². The van der Waals surface area contributed by atoms with Gasteiger partial charge in [0.25, 0.3) is 0 Å². The molecule has 18 heavy (non-hydrogen) atoms. The van der Waals surface area contributed by atoms with Gasteiger partial charge in [-0.2, -0.15) is 0 Å². The van der Waals surface area contributed by atoms with Gasteiger partial charge in [0, 0.05) is 19.1 Å². The molecular formula is C16H36N2. The first-order chi connectivity index (χ1) is 8.72. The molecule has 0 fully saturated rings. The lowest BCUT2D eigenvalue weighted by Gasteiger charge is -2.23. The topological polar surface area (TPSA) is 15.3 Å². The fraction of sp³-hybridized carbons (Fsp3) is 1.00. The lowest BCUT2D eigenvalue weighted by Crippen LogP contribution is -2.35. The molecule has 0 bridgehead atoms. The normalized spacial score (nSPS) is 13.2. The molecule has 0 aromatic rings. The standard InChI is InChI=1S/C16H36N2/c1-5-7-8-9-10-11-12-13-17-14-15-18(4)16(3)6-2/h16-17H,5-15H2,1-4H3. The van der Waals surface area contributed by atoms with Gasteiger partial charge in [0.15, 0.2) is 0 Å². The first-order valence-corrected chi connectivity index (χ1v) is 8.13. The molecule has 1 unspecified atom stereocenters. The molecule has 0 spiro atoms. The van der Waals surface area contributed by atoms with Crippen LogP contribution in [-0.2, 0) is 0 Å². The third-order valence-corrected chi connectivity index (χ3v) is 3.94. The van der Waals surface area contributed by atoms with Gasteiger partial charge in [0.2, 0.25) is 0 Å². The van der Waals surface area contributed by atoms with Crippen LogP contribution >= 0.6 is 0 Å². The zero-order chi connectivity index (χ0) is 13.6. The summed E-state index contributed by atoms with van der Waals surface area (Å²) < 4.78 is 0. The molecule has 0 rings (SSSR count). The Morgan fingerprint density at radius 3 is 2.11 bits per heavy atom. The number of rotatable bonds is 13. The number of hydrogen-bond acceptors (Lipinski definition) is 2. The lowest BCUT2D eigenvalue weighted by molar-refractivity contribution is 0.252. The summed E-state index contributed by atoms with van der Waals surface area (Å²) in [6.45, 7) is 10.3. The third-order valence-electron chi connectivity index (χ3n) is 3.94. The predicted molar refractivity (Wildman–Crippen MR) is 83.2 cm³/mol. The van der Waals surface area contributed by atoms with E-state index < -0.39 is 0 Å². The van der Waals surface area contributed by atoms with Crippen molar-refractivity contribution in [2.75, 3.05) is 26.7 Å². The SMILES string of the molecule is CCCCCCCCCNCCN(C)C(C)CC. The minimum absolute atomic E-state index is 0.713. The monoisotopic (exact) mass is 256 g/mol. The molecule has 110 valence electrons. The van der Waals surface area contributed by atoms with E-state index in [0.717, 1.165) is 6.54 Å². The number of nitrogens with one attached hydrogen (secondary N) is 1. The molecule has 0 aromatic carbocycles. The summed E-state index contributed by atoms with van der Waals surface area (Å²) in [5.41, 5.74) is 0. The van der Waals surface area contributed by atoms with Crippen LogP contribution in [0.25, 0.3) is 0 Å². The van der Waals surface area contributed by atoms with Gasteiger partial charge < -0.3 is 10.2 Å². The Bertz CT molecular complexity index is 159. The molecule has 0 aromatic heterocycles. The van der Waals surface area contributed by atoms with Crippen LogP contribution in [0.4, 0.5) is 0 Å². The zero-order valence-corrected chi connectivity index (χ0v) is 13.3. The van der Waals surface area contributed by atoms with Crippen molar-refractivity contribution < 1.29 is 0 Å². The van der Waals surface area contributed by atoms with Crippen molar-refractivity contribution in [1.82, 2.24) is 10.2 Å². The van der Waals surface area contributed by atoms with Gasteiger partial charge in [0.05, 0.1) is 0 Å². The minimum atomic E-state index is 0.713.